The predicted molar refractivity (Wildman–Crippen MR) is 45.8 cm³/mol. The van der Waals surface area contributed by atoms with Crippen LogP contribution in [-0.4, -0.2) is 29.3 Å². The number of alkyl halides is 3. The van der Waals surface area contributed by atoms with Crippen LogP contribution in [0.3, 0.4) is 0 Å². The van der Waals surface area contributed by atoms with Gasteiger partial charge in [0.1, 0.15) is 0 Å². The molecule has 0 radical (unpaired) electrons. The second kappa shape index (κ2) is 4.22. The Balaban J connectivity index is 2.54. The number of likely N-dealkylation sites (tertiary alicyclic amines) is 1. The Morgan fingerprint density at radius 2 is 1.62 bits per heavy atom. The van der Waals surface area contributed by atoms with Gasteiger partial charge < -0.3 is 4.90 Å². The lowest BCUT2D eigenvalue weighted by atomic mass is 10.2. The average Bonchev–Trinajstić information content (AvgIpc) is 2.28. The van der Waals surface area contributed by atoms with Gasteiger partial charge in [0, 0.05) is 13.1 Å². The summed E-state index contributed by atoms with van der Waals surface area (Å²) in [6, 6.07) is 0. The summed E-state index contributed by atoms with van der Waals surface area (Å²) in [4.78, 5) is 12.2. The monoisotopic (exact) mass is 211 g/mol. The van der Waals surface area contributed by atoms with Crippen LogP contribution in [0, 0.1) is 0 Å². The molecule has 1 aliphatic heterocycles. The van der Waals surface area contributed by atoms with Crippen LogP contribution in [0.4, 0.5) is 8.78 Å². The molecule has 1 heterocycles. The molecule has 1 amide bonds. The number of halogens is 3. The van der Waals surface area contributed by atoms with Gasteiger partial charge in [0.2, 0.25) is 0 Å². The summed E-state index contributed by atoms with van der Waals surface area (Å²) in [7, 11) is 0. The van der Waals surface area contributed by atoms with E-state index in [0.29, 0.717) is 13.1 Å². The number of hydrogen-bond donors (Lipinski definition) is 0. The van der Waals surface area contributed by atoms with Gasteiger partial charge in [-0.25, -0.2) is 0 Å². The Kier molecular flexibility index (Phi) is 3.47. The fraction of sp³-hybridized carbons (Fsp3) is 0.875. The van der Waals surface area contributed by atoms with Crippen molar-refractivity contribution in [3.8, 4) is 0 Å². The molecule has 13 heavy (non-hydrogen) atoms. The summed E-state index contributed by atoms with van der Waals surface area (Å²) in [6.45, 7) is 0.808. The van der Waals surface area contributed by atoms with E-state index in [-0.39, 0.29) is 0 Å². The molecule has 0 spiro atoms. The standard InChI is InChI=1S/C8H12ClF2NO/c9-8(10,11)7(13)12-5-3-1-2-4-6-12/h1-6H2. The maximum absolute atomic E-state index is 12.4. The number of hydrogen-bond acceptors (Lipinski definition) is 1. The van der Waals surface area contributed by atoms with E-state index in [2.05, 4.69) is 11.6 Å². The minimum absolute atomic E-state index is 0.404. The van der Waals surface area contributed by atoms with Gasteiger partial charge in [-0.1, -0.05) is 12.8 Å². The van der Waals surface area contributed by atoms with Crippen LogP contribution in [-0.2, 0) is 4.79 Å². The Bertz CT molecular complexity index is 185. The first-order chi connectivity index (χ1) is 6.02. The van der Waals surface area contributed by atoms with E-state index < -0.39 is 11.3 Å². The van der Waals surface area contributed by atoms with E-state index in [1.807, 2.05) is 0 Å². The zero-order chi connectivity index (χ0) is 9.90. The molecule has 0 aliphatic carbocycles. The van der Waals surface area contributed by atoms with Gasteiger partial charge in [0.25, 0.3) is 0 Å². The summed E-state index contributed by atoms with van der Waals surface area (Å²) >= 11 is 4.65. The smallest absolute Gasteiger partial charge is 0.336 e. The van der Waals surface area contributed by atoms with Crippen molar-refractivity contribution in [1.29, 1.82) is 0 Å². The lowest BCUT2D eigenvalue weighted by Crippen LogP contribution is -2.40. The Labute approximate surface area is 80.8 Å². The molecule has 1 fully saturated rings. The third kappa shape index (κ3) is 3.10. The van der Waals surface area contributed by atoms with Gasteiger partial charge in [-0.2, -0.15) is 8.78 Å². The molecule has 0 aromatic carbocycles. The summed E-state index contributed by atoms with van der Waals surface area (Å²) < 4.78 is 24.8. The lowest BCUT2D eigenvalue weighted by Gasteiger charge is -2.22. The van der Waals surface area contributed by atoms with E-state index in [1.54, 1.807) is 0 Å². The van der Waals surface area contributed by atoms with Gasteiger partial charge in [0.05, 0.1) is 0 Å². The zero-order valence-corrected chi connectivity index (χ0v) is 7.99. The van der Waals surface area contributed by atoms with Crippen molar-refractivity contribution in [2.45, 2.75) is 31.1 Å². The number of nitrogens with zero attached hydrogens (tertiary/aromatic N) is 1. The Morgan fingerprint density at radius 1 is 1.15 bits per heavy atom. The third-order valence-corrected chi connectivity index (χ3v) is 2.30. The molecule has 5 heteroatoms. The van der Waals surface area contributed by atoms with Crippen molar-refractivity contribution in [1.82, 2.24) is 4.90 Å². The summed E-state index contributed by atoms with van der Waals surface area (Å²) in [5.74, 6) is -1.25. The maximum Gasteiger partial charge on any atom is 0.399 e. The highest BCUT2D eigenvalue weighted by molar-refractivity contribution is 6.32. The molecule has 1 aliphatic rings. The molecule has 76 valence electrons. The van der Waals surface area contributed by atoms with E-state index in [0.717, 1.165) is 30.6 Å². The topological polar surface area (TPSA) is 20.3 Å². The molecule has 0 N–H and O–H groups in total. The fourth-order valence-corrected chi connectivity index (χ4v) is 1.57. The highest BCUT2D eigenvalue weighted by Crippen LogP contribution is 2.23. The Hall–Kier alpha value is -0.380. The highest BCUT2D eigenvalue weighted by Gasteiger charge is 2.39. The van der Waals surface area contributed by atoms with Crippen LogP contribution in [0.2, 0.25) is 0 Å². The van der Waals surface area contributed by atoms with Gasteiger partial charge in [-0.3, -0.25) is 4.79 Å². The lowest BCUT2D eigenvalue weighted by molar-refractivity contribution is -0.147. The van der Waals surface area contributed by atoms with Crippen molar-refractivity contribution in [2.75, 3.05) is 13.1 Å². The molecule has 0 aromatic rings. The fourth-order valence-electron chi connectivity index (χ4n) is 1.45. The molecule has 0 unspecified atom stereocenters. The van der Waals surface area contributed by atoms with Crippen LogP contribution in [0.15, 0.2) is 0 Å². The minimum atomic E-state index is -3.73. The zero-order valence-electron chi connectivity index (χ0n) is 7.23. The number of amides is 1. The quantitative estimate of drug-likeness (QED) is 0.609. The van der Waals surface area contributed by atoms with Crippen LogP contribution >= 0.6 is 11.6 Å². The molecule has 1 saturated heterocycles. The molecule has 0 atom stereocenters. The van der Waals surface area contributed by atoms with E-state index in [1.165, 1.54) is 0 Å². The van der Waals surface area contributed by atoms with Crippen molar-refractivity contribution in [2.24, 2.45) is 0 Å². The maximum atomic E-state index is 12.4. The highest BCUT2D eigenvalue weighted by atomic mass is 35.5. The van der Waals surface area contributed by atoms with E-state index in [9.17, 15) is 13.6 Å². The third-order valence-electron chi connectivity index (χ3n) is 2.14. The van der Waals surface area contributed by atoms with Gasteiger partial charge in [-0.05, 0) is 24.4 Å². The van der Waals surface area contributed by atoms with Crippen LogP contribution < -0.4 is 0 Å². The van der Waals surface area contributed by atoms with Crippen molar-refractivity contribution in [3.05, 3.63) is 0 Å². The number of carbonyl (C=O) groups is 1. The SMILES string of the molecule is O=C(N1CCCCCC1)C(F)(F)Cl. The van der Waals surface area contributed by atoms with E-state index in [4.69, 9.17) is 0 Å². The molecular weight excluding hydrogens is 200 g/mol. The van der Waals surface area contributed by atoms with Crippen molar-refractivity contribution >= 4 is 17.5 Å². The van der Waals surface area contributed by atoms with Crippen molar-refractivity contribution in [3.63, 3.8) is 0 Å². The van der Waals surface area contributed by atoms with E-state index >= 15 is 0 Å². The molecule has 1 rings (SSSR count). The van der Waals surface area contributed by atoms with Gasteiger partial charge >= 0.3 is 11.3 Å². The average molecular weight is 212 g/mol. The second-order valence-corrected chi connectivity index (χ2v) is 3.68. The molecular formula is C8H12ClF2NO. The first kappa shape index (κ1) is 10.7. The summed E-state index contributed by atoms with van der Waals surface area (Å²) in [5, 5.41) is -3.73. The molecule has 2 nitrogen and oxygen atoms in total. The summed E-state index contributed by atoms with van der Waals surface area (Å²) in [5.41, 5.74) is 0. The number of rotatable bonds is 1. The first-order valence-electron chi connectivity index (χ1n) is 4.38. The second-order valence-electron chi connectivity index (χ2n) is 3.20. The Morgan fingerprint density at radius 3 is 2.00 bits per heavy atom. The molecule has 0 bridgehead atoms. The summed E-state index contributed by atoms with van der Waals surface area (Å²) in [6.07, 6.45) is 3.58. The van der Waals surface area contributed by atoms with Crippen LogP contribution in [0.1, 0.15) is 25.7 Å². The molecule has 0 saturated carbocycles. The van der Waals surface area contributed by atoms with Gasteiger partial charge in [-0.15, -0.1) is 0 Å². The normalized spacial score (nSPS) is 19.8. The van der Waals surface area contributed by atoms with Gasteiger partial charge in [0.15, 0.2) is 0 Å². The van der Waals surface area contributed by atoms with Crippen LogP contribution in [0.25, 0.3) is 0 Å². The largest absolute Gasteiger partial charge is 0.399 e. The van der Waals surface area contributed by atoms with Crippen molar-refractivity contribution < 1.29 is 13.6 Å². The minimum Gasteiger partial charge on any atom is -0.336 e. The predicted octanol–water partition coefficient (Wildman–Crippen LogP) is 2.22. The molecule has 0 aromatic heterocycles. The first-order valence-corrected chi connectivity index (χ1v) is 4.76. The number of carbonyl (C=O) groups excluding carboxylic acids is 1. The van der Waals surface area contributed by atoms with Crippen LogP contribution in [0.5, 0.6) is 0 Å².